The molecule has 11 heavy (non-hydrogen) atoms. The van der Waals surface area contributed by atoms with Gasteiger partial charge in [-0.2, -0.15) is 0 Å². The minimum absolute atomic E-state index is 0.579. The molecule has 1 rings (SSSR count). The van der Waals surface area contributed by atoms with Gasteiger partial charge in [0.2, 0.25) is 0 Å². The largest absolute Gasteiger partial charge is 0.249 e. The molecule has 0 unspecified atom stereocenters. The maximum Gasteiger partial charge on any atom is 0.130 e. The van der Waals surface area contributed by atoms with Crippen LogP contribution in [-0.4, -0.2) is 12.6 Å². The van der Waals surface area contributed by atoms with Crippen molar-refractivity contribution in [2.24, 2.45) is 15.9 Å². The number of aliphatic imine (C=N–C) groups is 2. The van der Waals surface area contributed by atoms with Gasteiger partial charge in [0.05, 0.1) is 0 Å². The molecule has 0 aliphatic heterocycles. The van der Waals surface area contributed by atoms with E-state index >= 15 is 0 Å². The van der Waals surface area contributed by atoms with Gasteiger partial charge >= 0.3 is 0 Å². The maximum absolute atomic E-state index is 4.18. The molecule has 3 heteroatoms. The van der Waals surface area contributed by atoms with Crippen molar-refractivity contribution >= 4 is 28.5 Å². The molecule has 60 valence electrons. The van der Waals surface area contributed by atoms with Gasteiger partial charge in [0.1, 0.15) is 5.84 Å². The average Bonchev–Trinajstić information content (AvgIpc) is 2.72. The maximum atomic E-state index is 4.18. The normalized spacial score (nSPS) is 20.2. The van der Waals surface area contributed by atoms with Crippen LogP contribution in [0.3, 0.4) is 0 Å². The monoisotopic (exact) mass is 214 g/mol. The van der Waals surface area contributed by atoms with Crippen molar-refractivity contribution in [2.75, 3.05) is 0 Å². The van der Waals surface area contributed by atoms with Gasteiger partial charge in [-0.1, -0.05) is 15.9 Å². The second-order valence-corrected chi connectivity index (χ2v) is 3.89. The molecule has 0 atom stereocenters. The minimum atomic E-state index is 0.579. The van der Waals surface area contributed by atoms with Gasteiger partial charge in [0.25, 0.3) is 0 Å². The predicted molar refractivity (Wildman–Crippen MR) is 52.4 cm³/mol. The summed E-state index contributed by atoms with van der Waals surface area (Å²) in [5.41, 5.74) is 0. The van der Waals surface area contributed by atoms with E-state index in [0.717, 1.165) is 10.3 Å². The number of hydrogen-bond donors (Lipinski definition) is 0. The molecule has 0 aromatic heterocycles. The van der Waals surface area contributed by atoms with Crippen molar-refractivity contribution in [2.45, 2.75) is 19.8 Å². The lowest BCUT2D eigenvalue weighted by molar-refractivity contribution is 1.15. The number of rotatable bonds is 2. The minimum Gasteiger partial charge on any atom is -0.249 e. The Balaban J connectivity index is 2.59. The second kappa shape index (κ2) is 3.81. The van der Waals surface area contributed by atoms with E-state index in [1.807, 2.05) is 6.92 Å². The molecule has 0 amide bonds. The fraction of sp³-hybridized carbons (Fsp3) is 0.500. The van der Waals surface area contributed by atoms with Gasteiger partial charge in [-0.25, -0.2) is 9.98 Å². The summed E-state index contributed by atoms with van der Waals surface area (Å²) in [5.74, 6) is 1.46. The zero-order chi connectivity index (χ0) is 8.27. The molecule has 0 heterocycles. The number of hydrogen-bond acceptors (Lipinski definition) is 1. The van der Waals surface area contributed by atoms with Crippen LogP contribution < -0.4 is 0 Å². The highest BCUT2D eigenvalue weighted by Crippen LogP contribution is 2.31. The van der Waals surface area contributed by atoms with E-state index in [4.69, 9.17) is 0 Å². The highest BCUT2D eigenvalue weighted by molar-refractivity contribution is 9.11. The number of halogens is 1. The smallest absolute Gasteiger partial charge is 0.130 e. The SMILES string of the molecule is C=NC(=N/C=C(\C)Br)C1CC1. The fourth-order valence-electron chi connectivity index (χ4n) is 0.772. The Morgan fingerprint density at radius 1 is 1.64 bits per heavy atom. The van der Waals surface area contributed by atoms with Crippen molar-refractivity contribution in [3.05, 3.63) is 10.7 Å². The molecule has 1 aliphatic carbocycles. The lowest BCUT2D eigenvalue weighted by atomic mass is 10.4. The van der Waals surface area contributed by atoms with Gasteiger partial charge in [0, 0.05) is 16.6 Å². The van der Waals surface area contributed by atoms with Crippen LogP contribution in [0.4, 0.5) is 0 Å². The third kappa shape index (κ3) is 2.97. The molecule has 1 saturated carbocycles. The molecular formula is C8H11BrN2. The van der Waals surface area contributed by atoms with Crippen LogP contribution in [0.5, 0.6) is 0 Å². The Morgan fingerprint density at radius 3 is 2.64 bits per heavy atom. The van der Waals surface area contributed by atoms with Gasteiger partial charge < -0.3 is 0 Å². The molecular weight excluding hydrogens is 204 g/mol. The predicted octanol–water partition coefficient (Wildman–Crippen LogP) is 2.75. The summed E-state index contributed by atoms with van der Waals surface area (Å²) in [7, 11) is 0. The molecule has 0 aromatic carbocycles. The number of nitrogens with zero attached hydrogens (tertiary/aromatic N) is 2. The molecule has 1 aliphatic rings. The van der Waals surface area contributed by atoms with E-state index in [-0.39, 0.29) is 0 Å². The molecule has 0 radical (unpaired) electrons. The first-order valence-electron chi connectivity index (χ1n) is 3.60. The summed E-state index contributed by atoms with van der Waals surface area (Å²) < 4.78 is 1.01. The van der Waals surface area contributed by atoms with Crippen LogP contribution in [-0.2, 0) is 0 Å². The second-order valence-electron chi connectivity index (χ2n) is 2.64. The van der Waals surface area contributed by atoms with E-state index in [0.29, 0.717) is 5.92 Å². The van der Waals surface area contributed by atoms with Crippen molar-refractivity contribution in [3.63, 3.8) is 0 Å². The topological polar surface area (TPSA) is 24.7 Å². The Hall–Kier alpha value is -0.440. The van der Waals surface area contributed by atoms with Crippen molar-refractivity contribution in [3.8, 4) is 0 Å². The molecule has 2 nitrogen and oxygen atoms in total. The lowest BCUT2D eigenvalue weighted by Crippen LogP contribution is -1.93. The zero-order valence-corrected chi connectivity index (χ0v) is 8.13. The summed E-state index contributed by atoms with van der Waals surface area (Å²) in [6.07, 6.45) is 4.20. The van der Waals surface area contributed by atoms with E-state index in [2.05, 4.69) is 32.6 Å². The third-order valence-corrected chi connectivity index (χ3v) is 1.68. The van der Waals surface area contributed by atoms with Crippen LogP contribution >= 0.6 is 15.9 Å². The van der Waals surface area contributed by atoms with Crippen molar-refractivity contribution < 1.29 is 0 Å². The van der Waals surface area contributed by atoms with Crippen molar-refractivity contribution in [1.29, 1.82) is 0 Å². The molecule has 1 fully saturated rings. The first-order valence-corrected chi connectivity index (χ1v) is 4.40. The lowest BCUT2D eigenvalue weighted by Gasteiger charge is -1.92. The Bertz CT molecular complexity index is 210. The van der Waals surface area contributed by atoms with Crippen LogP contribution in [0.25, 0.3) is 0 Å². The highest BCUT2D eigenvalue weighted by Gasteiger charge is 2.26. The third-order valence-electron chi connectivity index (χ3n) is 1.48. The van der Waals surface area contributed by atoms with Gasteiger partial charge in [-0.15, -0.1) is 0 Å². The van der Waals surface area contributed by atoms with Crippen LogP contribution in [0, 0.1) is 5.92 Å². The van der Waals surface area contributed by atoms with Gasteiger partial charge in [-0.05, 0) is 26.5 Å². The summed E-state index contributed by atoms with van der Waals surface area (Å²) in [6.45, 7) is 5.42. The zero-order valence-electron chi connectivity index (χ0n) is 6.55. The first-order chi connectivity index (χ1) is 5.24. The summed E-state index contributed by atoms with van der Waals surface area (Å²) in [5, 5.41) is 0. The van der Waals surface area contributed by atoms with Crippen LogP contribution in [0.1, 0.15) is 19.8 Å². The van der Waals surface area contributed by atoms with Crippen LogP contribution in [0.2, 0.25) is 0 Å². The summed E-state index contributed by atoms with van der Waals surface area (Å²) in [4.78, 5) is 8.04. The Labute approximate surface area is 75.3 Å². The Morgan fingerprint density at radius 2 is 2.27 bits per heavy atom. The van der Waals surface area contributed by atoms with E-state index in [1.165, 1.54) is 12.8 Å². The van der Waals surface area contributed by atoms with E-state index in [9.17, 15) is 0 Å². The Kier molecular flexibility index (Phi) is 3.00. The van der Waals surface area contributed by atoms with E-state index < -0.39 is 0 Å². The number of amidine groups is 1. The van der Waals surface area contributed by atoms with Gasteiger partial charge in [-0.3, -0.25) is 0 Å². The number of allylic oxidation sites excluding steroid dienone is 1. The van der Waals surface area contributed by atoms with Gasteiger partial charge in [0.15, 0.2) is 0 Å². The molecule has 0 N–H and O–H groups in total. The standard InChI is InChI=1S/C8H11BrN2/c1-6(9)5-11-8(10-2)7-3-4-7/h5,7H,2-4H2,1H3/b6-5+,11-8?. The average molecular weight is 215 g/mol. The summed E-state index contributed by atoms with van der Waals surface area (Å²) >= 11 is 3.29. The highest BCUT2D eigenvalue weighted by atomic mass is 79.9. The molecule has 0 bridgehead atoms. The summed E-state index contributed by atoms with van der Waals surface area (Å²) in [6, 6.07) is 0. The molecule has 0 spiro atoms. The quantitative estimate of drug-likeness (QED) is 0.499. The first kappa shape index (κ1) is 8.65. The van der Waals surface area contributed by atoms with Crippen LogP contribution in [0.15, 0.2) is 20.7 Å². The molecule has 0 saturated heterocycles. The fourth-order valence-corrected chi connectivity index (χ4v) is 0.874. The molecule has 0 aromatic rings. The van der Waals surface area contributed by atoms with E-state index in [1.54, 1.807) is 6.20 Å². The van der Waals surface area contributed by atoms with Crippen molar-refractivity contribution in [1.82, 2.24) is 0 Å².